The van der Waals surface area contributed by atoms with E-state index < -0.39 is 9.05 Å². The second-order valence-electron chi connectivity index (χ2n) is 3.87. The molecule has 0 radical (unpaired) electrons. The number of hydrogen-bond donors (Lipinski definition) is 0. The molecule has 0 saturated carbocycles. The Bertz CT molecular complexity index is 526. The molecular weight excluding hydrogens is 278 g/mol. The van der Waals surface area contributed by atoms with Gasteiger partial charge in [0, 0.05) is 23.8 Å². The number of rotatable bonds is 3. The van der Waals surface area contributed by atoms with E-state index in [1.807, 2.05) is 4.90 Å². The van der Waals surface area contributed by atoms with E-state index in [-0.39, 0.29) is 4.90 Å². The van der Waals surface area contributed by atoms with Gasteiger partial charge in [0.25, 0.3) is 9.05 Å². The fourth-order valence-corrected chi connectivity index (χ4v) is 2.64. The highest BCUT2D eigenvalue weighted by Crippen LogP contribution is 2.32. The van der Waals surface area contributed by atoms with Crippen molar-refractivity contribution < 1.29 is 17.9 Å². The lowest BCUT2D eigenvalue weighted by Crippen LogP contribution is -2.36. The number of methoxy groups -OCH3 is 1. The summed E-state index contributed by atoms with van der Waals surface area (Å²) in [5, 5.41) is 0. The average Bonchev–Trinajstić information content (AvgIpc) is 2.38. The maximum absolute atomic E-state index is 11.3. The van der Waals surface area contributed by atoms with Gasteiger partial charge in [-0.1, -0.05) is 0 Å². The zero-order chi connectivity index (χ0) is 13.2. The molecule has 0 N–H and O–H groups in total. The molecule has 0 bridgehead atoms. The Labute approximate surface area is 111 Å². The number of halogens is 1. The molecule has 0 amide bonds. The Balaban J connectivity index is 2.42. The Kier molecular flexibility index (Phi) is 3.99. The maximum atomic E-state index is 11.3. The van der Waals surface area contributed by atoms with Crippen LogP contribution in [0, 0.1) is 0 Å². The van der Waals surface area contributed by atoms with E-state index in [1.165, 1.54) is 12.1 Å². The third-order valence-corrected chi connectivity index (χ3v) is 4.14. The first-order valence-corrected chi connectivity index (χ1v) is 7.78. The molecule has 1 aliphatic rings. The van der Waals surface area contributed by atoms with E-state index in [9.17, 15) is 8.42 Å². The zero-order valence-corrected chi connectivity index (χ0v) is 11.5. The molecule has 1 fully saturated rings. The Hall–Kier alpha value is -0.980. The predicted octanol–water partition coefficient (Wildman–Crippen LogP) is 1.46. The average molecular weight is 292 g/mol. The number of morpholine rings is 1. The van der Waals surface area contributed by atoms with Crippen molar-refractivity contribution in [1.82, 2.24) is 0 Å². The molecule has 1 aliphatic heterocycles. The van der Waals surface area contributed by atoms with Crippen LogP contribution in [0.15, 0.2) is 23.1 Å². The molecule has 1 heterocycles. The summed E-state index contributed by atoms with van der Waals surface area (Å²) in [6.07, 6.45) is 0. The van der Waals surface area contributed by atoms with Crippen LogP contribution in [0.25, 0.3) is 0 Å². The van der Waals surface area contributed by atoms with Gasteiger partial charge in [-0.3, -0.25) is 0 Å². The van der Waals surface area contributed by atoms with Crippen LogP contribution in [0.1, 0.15) is 0 Å². The van der Waals surface area contributed by atoms with Crippen LogP contribution in [-0.4, -0.2) is 41.8 Å². The maximum Gasteiger partial charge on any atom is 0.261 e. The summed E-state index contributed by atoms with van der Waals surface area (Å²) in [5.74, 6) is 0.626. The van der Waals surface area contributed by atoms with Crippen molar-refractivity contribution in [3.63, 3.8) is 0 Å². The first-order chi connectivity index (χ1) is 8.52. The van der Waals surface area contributed by atoms with Gasteiger partial charge < -0.3 is 14.4 Å². The number of benzene rings is 1. The van der Waals surface area contributed by atoms with E-state index >= 15 is 0 Å². The van der Waals surface area contributed by atoms with Crippen LogP contribution in [0.4, 0.5) is 5.69 Å². The van der Waals surface area contributed by atoms with Crippen LogP contribution in [0.2, 0.25) is 0 Å². The van der Waals surface area contributed by atoms with Crippen molar-refractivity contribution >= 4 is 25.4 Å². The van der Waals surface area contributed by atoms with Crippen LogP contribution < -0.4 is 9.64 Å². The minimum Gasteiger partial charge on any atom is -0.495 e. The molecule has 100 valence electrons. The second kappa shape index (κ2) is 5.34. The fraction of sp³-hybridized carbons (Fsp3) is 0.455. The van der Waals surface area contributed by atoms with Crippen molar-refractivity contribution in [2.24, 2.45) is 0 Å². The number of nitrogens with zero attached hydrogens (tertiary/aromatic N) is 1. The summed E-state index contributed by atoms with van der Waals surface area (Å²) in [6, 6.07) is 4.58. The van der Waals surface area contributed by atoms with E-state index in [1.54, 1.807) is 13.2 Å². The van der Waals surface area contributed by atoms with E-state index in [0.29, 0.717) is 32.1 Å². The lowest BCUT2D eigenvalue weighted by Gasteiger charge is -2.30. The van der Waals surface area contributed by atoms with Gasteiger partial charge in [0.2, 0.25) is 0 Å². The van der Waals surface area contributed by atoms with Gasteiger partial charge in [-0.15, -0.1) is 0 Å². The molecule has 0 spiro atoms. The van der Waals surface area contributed by atoms with Crippen molar-refractivity contribution in [2.45, 2.75) is 4.90 Å². The van der Waals surface area contributed by atoms with Crippen molar-refractivity contribution in [3.05, 3.63) is 18.2 Å². The van der Waals surface area contributed by atoms with Gasteiger partial charge in [-0.25, -0.2) is 8.42 Å². The summed E-state index contributed by atoms with van der Waals surface area (Å²) >= 11 is 0. The van der Waals surface area contributed by atoms with Crippen LogP contribution >= 0.6 is 10.7 Å². The van der Waals surface area contributed by atoms with Gasteiger partial charge in [0.05, 0.1) is 30.9 Å². The van der Waals surface area contributed by atoms with Gasteiger partial charge in [-0.2, -0.15) is 0 Å². The summed E-state index contributed by atoms with van der Waals surface area (Å²) in [5.41, 5.74) is 0.725. The van der Waals surface area contributed by atoms with Gasteiger partial charge in [-0.05, 0) is 18.2 Å². The normalized spacial score (nSPS) is 16.7. The number of ether oxygens (including phenoxy) is 2. The third kappa shape index (κ3) is 2.88. The molecular formula is C11H14ClNO4S. The molecule has 1 saturated heterocycles. The van der Waals surface area contributed by atoms with Crippen molar-refractivity contribution in [3.8, 4) is 5.75 Å². The van der Waals surface area contributed by atoms with E-state index in [2.05, 4.69) is 0 Å². The lowest BCUT2D eigenvalue weighted by atomic mass is 10.2. The second-order valence-corrected chi connectivity index (χ2v) is 6.44. The minimum absolute atomic E-state index is 0.0754. The quantitative estimate of drug-likeness (QED) is 0.789. The summed E-state index contributed by atoms with van der Waals surface area (Å²) in [6.45, 7) is 2.62. The lowest BCUT2D eigenvalue weighted by molar-refractivity contribution is 0.122. The molecule has 7 heteroatoms. The highest BCUT2D eigenvalue weighted by atomic mass is 35.7. The SMILES string of the molecule is COc1ccc(S(=O)(=O)Cl)cc1N1CCOCC1. The molecule has 1 aromatic carbocycles. The molecule has 18 heavy (non-hydrogen) atoms. The molecule has 0 unspecified atom stereocenters. The molecule has 2 rings (SSSR count). The van der Waals surface area contributed by atoms with E-state index in [0.717, 1.165) is 5.69 Å². The first-order valence-electron chi connectivity index (χ1n) is 5.48. The summed E-state index contributed by atoms with van der Waals surface area (Å²) in [7, 11) is 3.17. The number of hydrogen-bond acceptors (Lipinski definition) is 5. The number of anilines is 1. The summed E-state index contributed by atoms with van der Waals surface area (Å²) < 4.78 is 33.2. The van der Waals surface area contributed by atoms with Crippen LogP contribution in [0.5, 0.6) is 5.75 Å². The zero-order valence-electron chi connectivity index (χ0n) is 9.93. The van der Waals surface area contributed by atoms with Crippen LogP contribution in [0.3, 0.4) is 0 Å². The standard InChI is InChI=1S/C11H14ClNO4S/c1-16-11-3-2-9(18(12,14)15)8-10(11)13-4-6-17-7-5-13/h2-3,8H,4-7H2,1H3. The molecule has 1 aromatic rings. The molecule has 0 aliphatic carbocycles. The van der Waals surface area contributed by atoms with Crippen molar-refractivity contribution in [2.75, 3.05) is 38.3 Å². The molecule has 5 nitrogen and oxygen atoms in total. The Morgan fingerprint density at radius 2 is 2.00 bits per heavy atom. The van der Waals surface area contributed by atoms with Gasteiger partial charge >= 0.3 is 0 Å². The Morgan fingerprint density at radius 1 is 1.33 bits per heavy atom. The highest BCUT2D eigenvalue weighted by molar-refractivity contribution is 8.13. The highest BCUT2D eigenvalue weighted by Gasteiger charge is 2.19. The predicted molar refractivity (Wildman–Crippen MR) is 69.1 cm³/mol. The monoisotopic (exact) mass is 291 g/mol. The minimum atomic E-state index is -3.73. The van der Waals surface area contributed by atoms with Crippen LogP contribution in [-0.2, 0) is 13.8 Å². The molecule has 0 atom stereocenters. The van der Waals surface area contributed by atoms with E-state index in [4.69, 9.17) is 20.2 Å². The third-order valence-electron chi connectivity index (χ3n) is 2.78. The van der Waals surface area contributed by atoms with Gasteiger partial charge in [0.1, 0.15) is 5.75 Å². The largest absolute Gasteiger partial charge is 0.495 e. The van der Waals surface area contributed by atoms with Crippen molar-refractivity contribution in [1.29, 1.82) is 0 Å². The Morgan fingerprint density at radius 3 is 2.56 bits per heavy atom. The molecule has 0 aromatic heterocycles. The fourth-order valence-electron chi connectivity index (χ4n) is 1.87. The topological polar surface area (TPSA) is 55.8 Å². The summed E-state index contributed by atoms with van der Waals surface area (Å²) in [4.78, 5) is 2.10. The smallest absolute Gasteiger partial charge is 0.261 e. The van der Waals surface area contributed by atoms with Gasteiger partial charge in [0.15, 0.2) is 0 Å². The first kappa shape index (κ1) is 13.5.